The fraction of sp³-hybridized carbons (Fsp3) is 0.200. The third-order valence-corrected chi connectivity index (χ3v) is 5.54. The van der Waals surface area contributed by atoms with Gasteiger partial charge >= 0.3 is 0 Å². The first kappa shape index (κ1) is 17.1. The number of benzene rings is 2. The first-order valence-electron chi connectivity index (χ1n) is 7.86. The van der Waals surface area contributed by atoms with Gasteiger partial charge < -0.3 is 10.5 Å². The van der Waals surface area contributed by atoms with E-state index in [4.69, 9.17) is 10.5 Å². The molecule has 2 aromatic carbocycles. The van der Waals surface area contributed by atoms with Gasteiger partial charge in [0.1, 0.15) is 5.75 Å². The summed E-state index contributed by atoms with van der Waals surface area (Å²) < 4.78 is 5.19. The molecule has 0 saturated heterocycles. The zero-order chi connectivity index (χ0) is 18.0. The summed E-state index contributed by atoms with van der Waals surface area (Å²) in [4.78, 5) is 13.0. The summed E-state index contributed by atoms with van der Waals surface area (Å²) >= 11 is 1.27. The van der Waals surface area contributed by atoms with Crippen LogP contribution in [0.15, 0.2) is 59.1 Å². The molecule has 2 aromatic rings. The standard InChI is InChI=1S/C20H18N2O2S/c1-12-3-5-14(6-4-12)18(23)19-17(16(11-21)20(22)25-19)13-7-9-15(24-2)10-8-13/h3-10,17,19H,22H2,1-2H3/t17-,19+/m0/s1. The van der Waals surface area contributed by atoms with Crippen molar-refractivity contribution in [3.05, 3.63) is 75.8 Å². The predicted octanol–water partition coefficient (Wildman–Crippen LogP) is 3.78. The van der Waals surface area contributed by atoms with Gasteiger partial charge in [0.05, 0.1) is 29.0 Å². The van der Waals surface area contributed by atoms with Crippen LogP contribution in [0.25, 0.3) is 0 Å². The molecule has 0 radical (unpaired) electrons. The molecule has 1 heterocycles. The second-order valence-electron chi connectivity index (χ2n) is 5.91. The summed E-state index contributed by atoms with van der Waals surface area (Å²) in [7, 11) is 1.60. The molecular formula is C20H18N2O2S. The van der Waals surface area contributed by atoms with Gasteiger partial charge in [0.15, 0.2) is 5.78 Å². The first-order valence-corrected chi connectivity index (χ1v) is 8.74. The van der Waals surface area contributed by atoms with Crippen LogP contribution in [0.4, 0.5) is 0 Å². The Hall–Kier alpha value is -2.71. The number of allylic oxidation sites excluding steroid dienone is 1. The normalized spacial score (nSPS) is 19.6. The molecule has 2 N–H and O–H groups in total. The van der Waals surface area contributed by atoms with E-state index in [9.17, 15) is 10.1 Å². The van der Waals surface area contributed by atoms with E-state index in [1.54, 1.807) is 7.11 Å². The Balaban J connectivity index is 1.99. The molecule has 2 atom stereocenters. The third-order valence-electron chi connectivity index (χ3n) is 4.32. The molecule has 4 nitrogen and oxygen atoms in total. The molecule has 1 aliphatic rings. The van der Waals surface area contributed by atoms with Crippen LogP contribution in [-0.2, 0) is 0 Å². The van der Waals surface area contributed by atoms with Crippen LogP contribution in [0.2, 0.25) is 0 Å². The number of nitrogens with two attached hydrogens (primary N) is 1. The van der Waals surface area contributed by atoms with Crippen molar-refractivity contribution in [2.24, 2.45) is 5.73 Å². The third kappa shape index (κ3) is 3.26. The summed E-state index contributed by atoms with van der Waals surface area (Å²) in [6.45, 7) is 1.98. The number of hydrogen-bond donors (Lipinski definition) is 1. The van der Waals surface area contributed by atoms with Crippen molar-refractivity contribution < 1.29 is 9.53 Å². The van der Waals surface area contributed by atoms with E-state index >= 15 is 0 Å². The van der Waals surface area contributed by atoms with Crippen LogP contribution in [0.5, 0.6) is 5.75 Å². The molecule has 0 fully saturated rings. The van der Waals surface area contributed by atoms with E-state index in [1.165, 1.54) is 11.8 Å². The quantitative estimate of drug-likeness (QED) is 0.849. The van der Waals surface area contributed by atoms with Gasteiger partial charge in [-0.1, -0.05) is 53.7 Å². The Kier molecular flexibility index (Phi) is 4.82. The van der Waals surface area contributed by atoms with Gasteiger partial charge in [-0.25, -0.2) is 0 Å². The highest BCUT2D eigenvalue weighted by molar-refractivity contribution is 8.04. The largest absolute Gasteiger partial charge is 0.497 e. The number of ketones is 1. The Morgan fingerprint density at radius 2 is 1.80 bits per heavy atom. The van der Waals surface area contributed by atoms with Crippen LogP contribution >= 0.6 is 11.8 Å². The number of thioether (sulfide) groups is 1. The number of rotatable bonds is 4. The van der Waals surface area contributed by atoms with E-state index in [-0.39, 0.29) is 11.7 Å². The minimum Gasteiger partial charge on any atom is -0.497 e. The molecule has 0 amide bonds. The average Bonchev–Trinajstić information content (AvgIpc) is 2.98. The minimum absolute atomic E-state index is 0.0148. The van der Waals surface area contributed by atoms with Gasteiger partial charge in [-0.05, 0) is 24.6 Å². The van der Waals surface area contributed by atoms with Crippen molar-refractivity contribution in [3.8, 4) is 11.8 Å². The zero-order valence-electron chi connectivity index (χ0n) is 14.0. The number of nitriles is 1. The molecule has 0 aliphatic carbocycles. The summed E-state index contributed by atoms with van der Waals surface area (Å²) in [5.74, 6) is 0.361. The Bertz CT molecular complexity index is 864. The van der Waals surface area contributed by atoms with Gasteiger partial charge in [0, 0.05) is 11.5 Å². The van der Waals surface area contributed by atoms with Gasteiger partial charge in [0.2, 0.25) is 0 Å². The lowest BCUT2D eigenvalue weighted by Gasteiger charge is -2.19. The highest BCUT2D eigenvalue weighted by Crippen LogP contribution is 2.46. The van der Waals surface area contributed by atoms with Gasteiger partial charge in [-0.2, -0.15) is 5.26 Å². The molecule has 126 valence electrons. The SMILES string of the molecule is COc1ccc([C@H]2C(C#N)=C(N)S[C@H]2C(=O)c2ccc(C)cc2)cc1. The summed E-state index contributed by atoms with van der Waals surface area (Å²) in [6.07, 6.45) is 0. The molecule has 0 bridgehead atoms. The number of aryl methyl sites for hydroxylation is 1. The van der Waals surface area contributed by atoms with Crippen molar-refractivity contribution in [3.63, 3.8) is 0 Å². The Labute approximate surface area is 151 Å². The number of Topliss-reactive ketones (excluding diaryl/α,β-unsaturated/α-hetero) is 1. The molecule has 5 heteroatoms. The second-order valence-corrected chi connectivity index (χ2v) is 7.09. The van der Waals surface area contributed by atoms with Crippen molar-refractivity contribution >= 4 is 17.5 Å². The van der Waals surface area contributed by atoms with Gasteiger partial charge in [0.25, 0.3) is 0 Å². The average molecular weight is 350 g/mol. The molecule has 25 heavy (non-hydrogen) atoms. The zero-order valence-corrected chi connectivity index (χ0v) is 14.8. The van der Waals surface area contributed by atoms with Crippen molar-refractivity contribution in [1.82, 2.24) is 0 Å². The molecule has 0 aromatic heterocycles. The smallest absolute Gasteiger partial charge is 0.177 e. The number of carbonyl (C=O) groups is 1. The van der Waals surface area contributed by atoms with Crippen LogP contribution < -0.4 is 10.5 Å². The summed E-state index contributed by atoms with van der Waals surface area (Å²) in [5.41, 5.74) is 9.12. The Morgan fingerprint density at radius 1 is 1.16 bits per heavy atom. The van der Waals surface area contributed by atoms with Gasteiger partial charge in [-0.15, -0.1) is 0 Å². The molecule has 0 saturated carbocycles. The van der Waals surface area contributed by atoms with Crippen LogP contribution in [0.1, 0.15) is 27.4 Å². The van der Waals surface area contributed by atoms with Crippen LogP contribution in [-0.4, -0.2) is 18.1 Å². The predicted molar refractivity (Wildman–Crippen MR) is 99.4 cm³/mol. The van der Waals surface area contributed by atoms with E-state index in [0.29, 0.717) is 16.2 Å². The number of ether oxygens (including phenoxy) is 1. The fourth-order valence-corrected chi connectivity index (χ4v) is 4.18. The summed E-state index contributed by atoms with van der Waals surface area (Å²) in [5, 5.41) is 9.52. The number of carbonyl (C=O) groups excluding carboxylic acids is 1. The highest BCUT2D eigenvalue weighted by atomic mass is 32.2. The van der Waals surface area contributed by atoms with E-state index < -0.39 is 5.25 Å². The maximum Gasteiger partial charge on any atom is 0.177 e. The molecule has 0 spiro atoms. The molecular weight excluding hydrogens is 332 g/mol. The first-order chi connectivity index (χ1) is 12.0. The fourth-order valence-electron chi connectivity index (χ4n) is 2.94. The molecule has 0 unspecified atom stereocenters. The van der Waals surface area contributed by atoms with Crippen molar-refractivity contribution in [1.29, 1.82) is 5.26 Å². The number of hydrogen-bond acceptors (Lipinski definition) is 5. The molecule has 1 aliphatic heterocycles. The van der Waals surface area contributed by atoms with Crippen molar-refractivity contribution in [2.75, 3.05) is 7.11 Å². The van der Waals surface area contributed by atoms with Gasteiger partial charge in [-0.3, -0.25) is 4.79 Å². The van der Waals surface area contributed by atoms with Crippen LogP contribution in [0.3, 0.4) is 0 Å². The maximum atomic E-state index is 13.0. The number of methoxy groups -OCH3 is 1. The van der Waals surface area contributed by atoms with Crippen molar-refractivity contribution in [2.45, 2.75) is 18.1 Å². The molecule has 3 rings (SSSR count). The van der Waals surface area contributed by atoms with E-state index in [2.05, 4.69) is 6.07 Å². The second kappa shape index (κ2) is 7.04. The lowest BCUT2D eigenvalue weighted by atomic mass is 9.86. The topological polar surface area (TPSA) is 76.1 Å². The van der Waals surface area contributed by atoms with Crippen LogP contribution in [0, 0.1) is 18.3 Å². The summed E-state index contributed by atoms with van der Waals surface area (Å²) in [6, 6.07) is 17.1. The van der Waals surface area contributed by atoms with E-state index in [0.717, 1.165) is 16.9 Å². The lowest BCUT2D eigenvalue weighted by molar-refractivity contribution is 0.0985. The maximum absolute atomic E-state index is 13.0. The Morgan fingerprint density at radius 3 is 2.36 bits per heavy atom. The van der Waals surface area contributed by atoms with E-state index in [1.807, 2.05) is 55.5 Å². The number of nitrogens with zero attached hydrogens (tertiary/aromatic N) is 1. The highest BCUT2D eigenvalue weighted by Gasteiger charge is 2.40. The minimum atomic E-state index is -0.439. The lowest BCUT2D eigenvalue weighted by Crippen LogP contribution is -2.23. The monoisotopic (exact) mass is 350 g/mol.